The zero-order valence-electron chi connectivity index (χ0n) is 10.1. The molecule has 1 aliphatic rings. The van der Waals surface area contributed by atoms with E-state index in [2.05, 4.69) is 63.6 Å². The molecule has 1 unspecified atom stereocenters. The normalized spacial score (nSPS) is 26.8. The summed E-state index contributed by atoms with van der Waals surface area (Å²) < 4.78 is 2.42. The molecule has 0 aromatic heterocycles. The summed E-state index contributed by atoms with van der Waals surface area (Å²) in [4.78, 5) is 0. The van der Waals surface area contributed by atoms with Crippen molar-refractivity contribution in [2.24, 2.45) is 17.6 Å². The Morgan fingerprint density at radius 1 is 1.29 bits per heavy atom. The van der Waals surface area contributed by atoms with Gasteiger partial charge in [0, 0.05) is 14.1 Å². The summed E-state index contributed by atoms with van der Waals surface area (Å²) in [5.74, 6) is 1.55. The lowest BCUT2D eigenvalue weighted by Gasteiger charge is -2.31. The first kappa shape index (κ1) is 13.8. The second-order valence-electron chi connectivity index (χ2n) is 5.21. The number of halogens is 2. The molecule has 1 nitrogen and oxygen atoms in total. The van der Waals surface area contributed by atoms with Gasteiger partial charge in [-0.1, -0.05) is 35.7 Å². The highest BCUT2D eigenvalue weighted by Gasteiger charge is 2.25. The Labute approximate surface area is 126 Å². The minimum Gasteiger partial charge on any atom is -0.324 e. The van der Waals surface area contributed by atoms with Gasteiger partial charge in [-0.05, 0) is 71.0 Å². The quantitative estimate of drug-likeness (QED) is 0.694. The van der Waals surface area contributed by atoms with Crippen LogP contribution in [-0.2, 0) is 0 Å². The topological polar surface area (TPSA) is 26.0 Å². The average Bonchev–Trinajstić information content (AvgIpc) is 2.32. The van der Waals surface area contributed by atoms with Gasteiger partial charge in [-0.15, -0.1) is 0 Å². The molecule has 17 heavy (non-hydrogen) atoms. The Kier molecular flexibility index (Phi) is 4.89. The van der Waals surface area contributed by atoms with Crippen LogP contribution in [0.5, 0.6) is 0 Å². The van der Waals surface area contributed by atoms with Gasteiger partial charge in [-0.2, -0.15) is 0 Å². The summed E-state index contributed by atoms with van der Waals surface area (Å²) in [5.41, 5.74) is 7.76. The van der Waals surface area contributed by atoms with Crippen molar-refractivity contribution in [3.05, 3.63) is 31.8 Å². The zero-order chi connectivity index (χ0) is 12.4. The van der Waals surface area contributed by atoms with E-state index in [1.54, 1.807) is 0 Å². The Balaban J connectivity index is 2.13. The van der Waals surface area contributed by atoms with E-state index in [4.69, 9.17) is 5.73 Å². The highest BCUT2D eigenvalue weighted by atomic mass is 127. The summed E-state index contributed by atoms with van der Waals surface area (Å²) in [6.45, 7) is 2.35. The lowest BCUT2D eigenvalue weighted by Crippen LogP contribution is -2.26. The molecule has 0 amide bonds. The molecule has 0 heterocycles. The van der Waals surface area contributed by atoms with Crippen LogP contribution in [0.3, 0.4) is 0 Å². The van der Waals surface area contributed by atoms with Crippen LogP contribution in [0.25, 0.3) is 0 Å². The Bertz CT molecular complexity index is 386. The second kappa shape index (κ2) is 6.02. The highest BCUT2D eigenvalue weighted by Crippen LogP contribution is 2.37. The van der Waals surface area contributed by atoms with E-state index in [0.29, 0.717) is 5.92 Å². The van der Waals surface area contributed by atoms with Gasteiger partial charge in [0.1, 0.15) is 0 Å². The number of hydrogen-bond acceptors (Lipinski definition) is 1. The van der Waals surface area contributed by atoms with Gasteiger partial charge in [-0.3, -0.25) is 0 Å². The fourth-order valence-corrected chi connectivity index (χ4v) is 3.74. The third-order valence-corrected chi connectivity index (χ3v) is 5.36. The van der Waals surface area contributed by atoms with Crippen molar-refractivity contribution in [3.63, 3.8) is 0 Å². The molecule has 2 rings (SSSR count). The predicted octanol–water partition coefficient (Wildman–Crippen LogP) is 4.88. The van der Waals surface area contributed by atoms with E-state index in [1.165, 1.54) is 34.8 Å². The molecule has 0 bridgehead atoms. The smallest absolute Gasteiger partial charge is 0.0334 e. The first-order chi connectivity index (χ1) is 8.08. The molecule has 0 aliphatic heterocycles. The van der Waals surface area contributed by atoms with Crippen molar-refractivity contribution in [1.29, 1.82) is 0 Å². The van der Waals surface area contributed by atoms with Gasteiger partial charge in [-0.25, -0.2) is 0 Å². The van der Waals surface area contributed by atoms with Crippen LogP contribution < -0.4 is 5.73 Å². The van der Waals surface area contributed by atoms with Crippen LogP contribution in [0.1, 0.15) is 44.2 Å². The number of rotatable bonds is 2. The molecule has 94 valence electrons. The van der Waals surface area contributed by atoms with Gasteiger partial charge in [0.15, 0.2) is 0 Å². The third-order valence-electron chi connectivity index (χ3n) is 3.89. The van der Waals surface area contributed by atoms with Crippen molar-refractivity contribution in [2.75, 3.05) is 0 Å². The number of benzene rings is 1. The summed E-state index contributed by atoms with van der Waals surface area (Å²) in [7, 11) is 0. The van der Waals surface area contributed by atoms with Gasteiger partial charge in [0.2, 0.25) is 0 Å². The molecule has 1 aliphatic carbocycles. The summed E-state index contributed by atoms with van der Waals surface area (Å²) in [6, 6.07) is 6.61. The lowest BCUT2D eigenvalue weighted by atomic mass is 9.78. The predicted molar refractivity (Wildman–Crippen MR) is 84.9 cm³/mol. The molecule has 1 saturated carbocycles. The molecule has 1 aromatic carbocycles. The number of hydrogen-bond donors (Lipinski definition) is 1. The van der Waals surface area contributed by atoms with Crippen molar-refractivity contribution >= 4 is 38.5 Å². The largest absolute Gasteiger partial charge is 0.324 e. The van der Waals surface area contributed by atoms with Gasteiger partial charge in [0.05, 0.1) is 0 Å². The second-order valence-corrected chi connectivity index (χ2v) is 7.29. The van der Waals surface area contributed by atoms with Crippen molar-refractivity contribution < 1.29 is 0 Å². The molecular weight excluding hydrogens is 389 g/mol. The van der Waals surface area contributed by atoms with Crippen LogP contribution in [0.4, 0.5) is 0 Å². The maximum Gasteiger partial charge on any atom is 0.0334 e. The van der Waals surface area contributed by atoms with E-state index in [1.807, 2.05) is 0 Å². The summed E-state index contributed by atoms with van der Waals surface area (Å²) in [5, 5.41) is 0. The molecule has 0 saturated heterocycles. The molecule has 3 heteroatoms. The maximum absolute atomic E-state index is 6.46. The zero-order valence-corrected chi connectivity index (χ0v) is 13.9. The molecular formula is C14H19BrIN. The van der Waals surface area contributed by atoms with Crippen molar-refractivity contribution in [1.82, 2.24) is 0 Å². The summed E-state index contributed by atoms with van der Waals surface area (Å²) >= 11 is 5.93. The first-order valence-corrected chi connectivity index (χ1v) is 8.15. The van der Waals surface area contributed by atoms with E-state index >= 15 is 0 Å². The van der Waals surface area contributed by atoms with Crippen LogP contribution in [-0.4, -0.2) is 0 Å². The van der Waals surface area contributed by atoms with Crippen molar-refractivity contribution in [2.45, 2.75) is 38.6 Å². The minimum absolute atomic E-state index is 0.201. The first-order valence-electron chi connectivity index (χ1n) is 6.28. The van der Waals surface area contributed by atoms with Gasteiger partial charge < -0.3 is 5.73 Å². The van der Waals surface area contributed by atoms with E-state index in [-0.39, 0.29) is 6.04 Å². The maximum atomic E-state index is 6.46. The molecule has 0 radical (unpaired) electrons. The highest BCUT2D eigenvalue weighted by molar-refractivity contribution is 14.1. The fourth-order valence-electron chi connectivity index (χ4n) is 2.67. The third kappa shape index (κ3) is 3.44. The average molecular weight is 408 g/mol. The SMILES string of the molecule is CC1CCC(C(N)c2cc(Br)ccc2I)CC1. The Morgan fingerprint density at radius 2 is 1.94 bits per heavy atom. The number of nitrogens with two attached hydrogens (primary N) is 1. The Hall–Kier alpha value is 0.390. The van der Waals surface area contributed by atoms with Crippen molar-refractivity contribution in [3.8, 4) is 0 Å². The molecule has 1 atom stereocenters. The minimum atomic E-state index is 0.201. The van der Waals surface area contributed by atoms with Crippen LogP contribution >= 0.6 is 38.5 Å². The molecule has 1 aromatic rings. The fraction of sp³-hybridized carbons (Fsp3) is 0.571. The standard InChI is InChI=1S/C14H19BrIN/c1-9-2-4-10(5-3-9)14(17)12-8-11(15)6-7-13(12)16/h6-10,14H,2-5,17H2,1H3. The van der Waals surface area contributed by atoms with Crippen LogP contribution in [0.15, 0.2) is 22.7 Å². The molecule has 0 spiro atoms. The lowest BCUT2D eigenvalue weighted by molar-refractivity contribution is 0.255. The van der Waals surface area contributed by atoms with E-state index in [9.17, 15) is 0 Å². The monoisotopic (exact) mass is 407 g/mol. The van der Waals surface area contributed by atoms with E-state index < -0.39 is 0 Å². The molecule has 1 fully saturated rings. The van der Waals surface area contributed by atoms with Crippen LogP contribution in [0.2, 0.25) is 0 Å². The van der Waals surface area contributed by atoms with Crippen LogP contribution in [0, 0.1) is 15.4 Å². The summed E-state index contributed by atoms with van der Waals surface area (Å²) in [6.07, 6.45) is 5.24. The van der Waals surface area contributed by atoms with Gasteiger partial charge in [0.25, 0.3) is 0 Å². The molecule has 2 N–H and O–H groups in total. The Morgan fingerprint density at radius 3 is 2.59 bits per heavy atom. The van der Waals surface area contributed by atoms with E-state index in [0.717, 1.165) is 10.4 Å². The van der Waals surface area contributed by atoms with Gasteiger partial charge >= 0.3 is 0 Å².